The van der Waals surface area contributed by atoms with Crippen LogP contribution in [0.1, 0.15) is 25.7 Å². The first-order chi connectivity index (χ1) is 5.31. The Morgan fingerprint density at radius 2 is 1.45 bits per heavy atom. The van der Waals surface area contributed by atoms with Crippen LogP contribution in [0.5, 0.6) is 0 Å². The van der Waals surface area contributed by atoms with Gasteiger partial charge in [0.1, 0.15) is 0 Å². The van der Waals surface area contributed by atoms with Gasteiger partial charge in [-0.15, -0.1) is 0 Å². The van der Waals surface area contributed by atoms with Gasteiger partial charge >= 0.3 is 0 Å². The van der Waals surface area contributed by atoms with Gasteiger partial charge in [-0.05, 0) is 0 Å². The number of hydrogen-bond acceptors (Lipinski definition) is 1. The van der Waals surface area contributed by atoms with Gasteiger partial charge in [-0.2, -0.15) is 0 Å². The molecular formula is C9H18NO+. The third-order valence-electron chi connectivity index (χ3n) is 3.39. The summed E-state index contributed by atoms with van der Waals surface area (Å²) >= 11 is 0. The minimum absolute atomic E-state index is 0.0133. The highest BCUT2D eigenvalue weighted by molar-refractivity contribution is 4.65. The molecule has 2 rings (SSSR count). The molecule has 2 fully saturated rings. The van der Waals surface area contributed by atoms with E-state index < -0.39 is 0 Å². The van der Waals surface area contributed by atoms with E-state index in [1.54, 1.807) is 0 Å². The lowest BCUT2D eigenvalue weighted by Crippen LogP contribution is -2.51. The molecule has 2 heteroatoms. The van der Waals surface area contributed by atoms with Crippen LogP contribution in [0.25, 0.3) is 0 Å². The second kappa shape index (κ2) is 2.76. The zero-order valence-corrected chi connectivity index (χ0v) is 7.13. The quantitative estimate of drug-likeness (QED) is 0.513. The average molecular weight is 156 g/mol. The zero-order valence-electron chi connectivity index (χ0n) is 7.13. The van der Waals surface area contributed by atoms with E-state index in [2.05, 4.69) is 0 Å². The minimum Gasteiger partial charge on any atom is -0.393 e. The Morgan fingerprint density at radius 1 is 0.909 bits per heavy atom. The second-order valence-corrected chi connectivity index (χ2v) is 4.17. The van der Waals surface area contributed by atoms with Gasteiger partial charge in [0.05, 0.1) is 32.3 Å². The highest BCUT2D eigenvalue weighted by Gasteiger charge is 2.35. The molecule has 0 aromatic rings. The van der Waals surface area contributed by atoms with E-state index in [4.69, 9.17) is 0 Å². The molecule has 0 atom stereocenters. The summed E-state index contributed by atoms with van der Waals surface area (Å²) in [5.41, 5.74) is 0. The van der Waals surface area contributed by atoms with Crippen molar-refractivity contribution in [3.8, 4) is 0 Å². The molecule has 1 N–H and O–H groups in total. The summed E-state index contributed by atoms with van der Waals surface area (Å²) in [6.45, 7) is 5.24. The van der Waals surface area contributed by atoms with Crippen molar-refractivity contribution in [2.45, 2.75) is 31.8 Å². The maximum Gasteiger partial charge on any atom is 0.0811 e. The fraction of sp³-hybridized carbons (Fsp3) is 1.00. The summed E-state index contributed by atoms with van der Waals surface area (Å²) < 4.78 is 1.33. The summed E-state index contributed by atoms with van der Waals surface area (Å²) in [5.74, 6) is 0. The molecular weight excluding hydrogens is 138 g/mol. The number of aliphatic hydroxyl groups is 1. The number of hydrogen-bond donors (Lipinski definition) is 1. The molecule has 2 aliphatic heterocycles. The van der Waals surface area contributed by atoms with Gasteiger partial charge in [-0.25, -0.2) is 0 Å². The van der Waals surface area contributed by atoms with Gasteiger partial charge < -0.3 is 9.59 Å². The molecule has 0 bridgehead atoms. The van der Waals surface area contributed by atoms with E-state index in [1.165, 1.54) is 43.5 Å². The summed E-state index contributed by atoms with van der Waals surface area (Å²) in [4.78, 5) is 0. The Kier molecular flexibility index (Phi) is 1.90. The fourth-order valence-corrected chi connectivity index (χ4v) is 2.56. The van der Waals surface area contributed by atoms with Crippen LogP contribution >= 0.6 is 0 Å². The summed E-state index contributed by atoms with van der Waals surface area (Å²) in [7, 11) is 0. The molecule has 1 spiro atoms. The van der Waals surface area contributed by atoms with Gasteiger partial charge in [-0.3, -0.25) is 0 Å². The molecule has 0 aliphatic carbocycles. The molecule has 2 nitrogen and oxygen atoms in total. The van der Waals surface area contributed by atoms with Gasteiger partial charge in [0, 0.05) is 25.7 Å². The third kappa shape index (κ3) is 1.42. The van der Waals surface area contributed by atoms with Crippen LogP contribution in [0.15, 0.2) is 0 Å². The maximum absolute atomic E-state index is 9.34. The molecule has 0 amide bonds. The number of piperidine rings is 1. The van der Waals surface area contributed by atoms with E-state index >= 15 is 0 Å². The molecule has 0 unspecified atom stereocenters. The molecule has 0 aromatic carbocycles. The summed E-state index contributed by atoms with van der Waals surface area (Å²) in [6, 6.07) is 0. The van der Waals surface area contributed by atoms with E-state index in [0.29, 0.717) is 0 Å². The third-order valence-corrected chi connectivity index (χ3v) is 3.39. The van der Waals surface area contributed by atoms with Crippen LogP contribution < -0.4 is 0 Å². The van der Waals surface area contributed by atoms with Gasteiger partial charge in [0.15, 0.2) is 0 Å². The van der Waals surface area contributed by atoms with Crippen LogP contribution in [0.3, 0.4) is 0 Å². The monoisotopic (exact) mass is 156 g/mol. The lowest BCUT2D eigenvalue weighted by molar-refractivity contribution is -0.922. The summed E-state index contributed by atoms with van der Waals surface area (Å²) in [6.07, 6.45) is 4.92. The lowest BCUT2D eigenvalue weighted by atomic mass is 10.1. The zero-order chi connectivity index (χ0) is 7.73. The highest BCUT2D eigenvalue weighted by Crippen LogP contribution is 2.25. The standard InChI is InChI=1S/C9H18NO/c11-9-3-7-10(8-4-9)5-1-2-6-10/h9,11H,1-8H2/q+1. The van der Waals surface area contributed by atoms with E-state index in [-0.39, 0.29) is 6.10 Å². The Morgan fingerprint density at radius 3 is 2.00 bits per heavy atom. The van der Waals surface area contributed by atoms with Gasteiger partial charge in [0.2, 0.25) is 0 Å². The largest absolute Gasteiger partial charge is 0.393 e. The Hall–Kier alpha value is -0.0800. The predicted octanol–water partition coefficient (Wildman–Crippen LogP) is 0.752. The highest BCUT2D eigenvalue weighted by atomic mass is 16.3. The maximum atomic E-state index is 9.34. The first-order valence-electron chi connectivity index (χ1n) is 4.84. The molecule has 11 heavy (non-hydrogen) atoms. The van der Waals surface area contributed by atoms with Crippen molar-refractivity contribution in [2.24, 2.45) is 0 Å². The van der Waals surface area contributed by atoms with Crippen LogP contribution in [-0.2, 0) is 0 Å². The predicted molar refractivity (Wildman–Crippen MR) is 44.2 cm³/mol. The Labute approximate surface area is 68.4 Å². The van der Waals surface area contributed by atoms with E-state index in [9.17, 15) is 5.11 Å². The fourth-order valence-electron chi connectivity index (χ4n) is 2.56. The van der Waals surface area contributed by atoms with E-state index in [0.717, 1.165) is 12.8 Å². The van der Waals surface area contributed by atoms with Crippen molar-refractivity contribution < 1.29 is 9.59 Å². The van der Waals surface area contributed by atoms with Crippen molar-refractivity contribution in [1.29, 1.82) is 0 Å². The SMILES string of the molecule is OC1CC[N+]2(CCCC2)CC1. The first-order valence-corrected chi connectivity index (χ1v) is 4.84. The van der Waals surface area contributed by atoms with E-state index in [1.807, 2.05) is 0 Å². The number of aliphatic hydroxyl groups excluding tert-OH is 1. The number of quaternary nitrogens is 1. The summed E-state index contributed by atoms with van der Waals surface area (Å²) in [5, 5.41) is 9.34. The molecule has 2 saturated heterocycles. The second-order valence-electron chi connectivity index (χ2n) is 4.17. The number of rotatable bonds is 0. The average Bonchev–Trinajstić information content (AvgIpc) is 2.45. The molecule has 2 aliphatic rings. The van der Waals surface area contributed by atoms with Crippen molar-refractivity contribution in [2.75, 3.05) is 26.2 Å². The molecule has 0 saturated carbocycles. The minimum atomic E-state index is 0.0133. The van der Waals surface area contributed by atoms with Gasteiger partial charge in [0.25, 0.3) is 0 Å². The molecule has 0 aromatic heterocycles. The molecule has 0 radical (unpaired) electrons. The van der Waals surface area contributed by atoms with Crippen molar-refractivity contribution in [1.82, 2.24) is 0 Å². The van der Waals surface area contributed by atoms with Crippen LogP contribution in [0.4, 0.5) is 0 Å². The van der Waals surface area contributed by atoms with Crippen LogP contribution in [0, 0.1) is 0 Å². The number of nitrogens with zero attached hydrogens (tertiary/aromatic N) is 1. The first kappa shape index (κ1) is 7.56. The molecule has 64 valence electrons. The molecule has 2 heterocycles. The van der Waals surface area contributed by atoms with Crippen LogP contribution in [0.2, 0.25) is 0 Å². The van der Waals surface area contributed by atoms with Crippen molar-refractivity contribution in [3.05, 3.63) is 0 Å². The smallest absolute Gasteiger partial charge is 0.0811 e. The Balaban J connectivity index is 1.94. The van der Waals surface area contributed by atoms with Crippen LogP contribution in [-0.4, -0.2) is 41.9 Å². The lowest BCUT2D eigenvalue weighted by Gasteiger charge is -2.39. The van der Waals surface area contributed by atoms with Crippen molar-refractivity contribution in [3.63, 3.8) is 0 Å². The Bertz CT molecular complexity index is 130. The van der Waals surface area contributed by atoms with Crippen molar-refractivity contribution >= 4 is 0 Å². The van der Waals surface area contributed by atoms with Gasteiger partial charge in [-0.1, -0.05) is 0 Å². The topological polar surface area (TPSA) is 20.2 Å². The normalized spacial score (nSPS) is 31.4.